The summed E-state index contributed by atoms with van der Waals surface area (Å²) in [6.07, 6.45) is 4.92. The van der Waals surface area contributed by atoms with E-state index in [1.54, 1.807) is 25.7 Å². The van der Waals surface area contributed by atoms with E-state index in [0.29, 0.717) is 10.9 Å². The molecular weight excluding hydrogens is 174 g/mol. The third-order valence-corrected chi connectivity index (χ3v) is 1.39. The molecule has 64 valence electrons. The summed E-state index contributed by atoms with van der Waals surface area (Å²) in [4.78, 5) is 6.80. The van der Waals surface area contributed by atoms with E-state index in [0.717, 1.165) is 0 Å². The van der Waals surface area contributed by atoms with E-state index in [1.807, 2.05) is 0 Å². The number of thiocarbonyl (C=S) groups is 1. The predicted octanol–water partition coefficient (Wildman–Crippen LogP) is -0.163. The molecule has 0 aliphatic rings. The van der Waals surface area contributed by atoms with E-state index in [9.17, 15) is 0 Å². The highest BCUT2D eigenvalue weighted by Crippen LogP contribution is 1.80. The standard InChI is InChI=1S/C6H9N5S/c1-7-6(12)11-10-4-5-8-2-3-9-5/h2-4H,1H3,(H,8,9)(H2,7,11,12)/b10-4+. The number of hydrogen-bond acceptors (Lipinski definition) is 3. The zero-order valence-electron chi connectivity index (χ0n) is 6.53. The number of imidazole rings is 1. The maximum Gasteiger partial charge on any atom is 0.186 e. The van der Waals surface area contributed by atoms with Crippen LogP contribution in [0.2, 0.25) is 0 Å². The number of aromatic nitrogens is 2. The molecule has 0 radical (unpaired) electrons. The van der Waals surface area contributed by atoms with Gasteiger partial charge in [0.15, 0.2) is 5.11 Å². The molecule has 1 aromatic heterocycles. The van der Waals surface area contributed by atoms with Gasteiger partial charge in [-0.15, -0.1) is 0 Å². The Hall–Kier alpha value is -1.43. The Bertz CT molecular complexity index is 265. The molecule has 1 heterocycles. The third kappa shape index (κ3) is 2.67. The Balaban J connectivity index is 2.37. The minimum atomic E-state index is 0.470. The van der Waals surface area contributed by atoms with Gasteiger partial charge in [-0.05, 0) is 12.2 Å². The van der Waals surface area contributed by atoms with E-state index in [-0.39, 0.29) is 0 Å². The van der Waals surface area contributed by atoms with Crippen LogP contribution >= 0.6 is 12.2 Å². The van der Waals surface area contributed by atoms with Gasteiger partial charge in [0, 0.05) is 19.4 Å². The Morgan fingerprint density at radius 2 is 2.67 bits per heavy atom. The van der Waals surface area contributed by atoms with Gasteiger partial charge in [0.1, 0.15) is 5.82 Å². The van der Waals surface area contributed by atoms with Crippen molar-refractivity contribution in [3.63, 3.8) is 0 Å². The van der Waals surface area contributed by atoms with Crippen molar-refractivity contribution in [3.05, 3.63) is 18.2 Å². The van der Waals surface area contributed by atoms with Gasteiger partial charge in [-0.3, -0.25) is 5.43 Å². The molecule has 0 bridgehead atoms. The van der Waals surface area contributed by atoms with Crippen molar-refractivity contribution in [1.82, 2.24) is 20.7 Å². The highest BCUT2D eigenvalue weighted by atomic mass is 32.1. The maximum absolute atomic E-state index is 4.78. The van der Waals surface area contributed by atoms with Crippen molar-refractivity contribution in [2.24, 2.45) is 5.10 Å². The summed E-state index contributed by atoms with van der Waals surface area (Å²) in [6.45, 7) is 0. The van der Waals surface area contributed by atoms with Crippen LogP contribution in [0.5, 0.6) is 0 Å². The molecule has 6 heteroatoms. The highest BCUT2D eigenvalue weighted by molar-refractivity contribution is 7.80. The fraction of sp³-hybridized carbons (Fsp3) is 0.167. The first-order valence-corrected chi connectivity index (χ1v) is 3.74. The number of aromatic amines is 1. The zero-order chi connectivity index (χ0) is 8.81. The van der Waals surface area contributed by atoms with Gasteiger partial charge in [0.05, 0.1) is 6.21 Å². The van der Waals surface area contributed by atoms with Crippen LogP contribution in [0, 0.1) is 0 Å². The van der Waals surface area contributed by atoms with Crippen LogP contribution in [0.3, 0.4) is 0 Å². The fourth-order valence-electron chi connectivity index (χ4n) is 0.556. The minimum Gasteiger partial charge on any atom is -0.364 e. The summed E-state index contributed by atoms with van der Waals surface area (Å²) >= 11 is 4.78. The van der Waals surface area contributed by atoms with Crippen molar-refractivity contribution in [2.45, 2.75) is 0 Å². The van der Waals surface area contributed by atoms with Crippen LogP contribution in [0.1, 0.15) is 5.82 Å². The van der Waals surface area contributed by atoms with Crippen molar-refractivity contribution >= 4 is 23.5 Å². The number of rotatable bonds is 2. The molecule has 0 aliphatic carbocycles. The second kappa shape index (κ2) is 4.45. The number of hydrogen-bond donors (Lipinski definition) is 3. The molecule has 0 saturated heterocycles. The molecular formula is C6H9N5S. The summed E-state index contributed by atoms with van der Waals surface area (Å²) in [5.41, 5.74) is 2.60. The average molecular weight is 183 g/mol. The second-order valence-electron chi connectivity index (χ2n) is 1.92. The molecule has 12 heavy (non-hydrogen) atoms. The van der Waals surface area contributed by atoms with Crippen molar-refractivity contribution in [2.75, 3.05) is 7.05 Å². The molecule has 0 fully saturated rings. The third-order valence-electron chi connectivity index (χ3n) is 1.10. The first-order chi connectivity index (χ1) is 5.83. The molecule has 0 unspecified atom stereocenters. The Morgan fingerprint density at radius 1 is 1.83 bits per heavy atom. The van der Waals surface area contributed by atoms with Gasteiger partial charge >= 0.3 is 0 Å². The van der Waals surface area contributed by atoms with Gasteiger partial charge < -0.3 is 10.3 Å². The summed E-state index contributed by atoms with van der Waals surface area (Å²) in [7, 11) is 1.72. The van der Waals surface area contributed by atoms with Crippen LogP contribution in [-0.4, -0.2) is 28.3 Å². The lowest BCUT2D eigenvalue weighted by molar-refractivity contribution is 0.979. The Labute approximate surface area is 75.3 Å². The summed E-state index contributed by atoms with van der Waals surface area (Å²) < 4.78 is 0. The summed E-state index contributed by atoms with van der Waals surface area (Å²) in [5, 5.41) is 7.00. The lowest BCUT2D eigenvalue weighted by Gasteiger charge is -1.97. The quantitative estimate of drug-likeness (QED) is 0.338. The Morgan fingerprint density at radius 3 is 3.25 bits per heavy atom. The molecule has 0 aliphatic heterocycles. The fourth-order valence-corrected chi connectivity index (χ4v) is 0.609. The molecule has 5 nitrogen and oxygen atoms in total. The average Bonchev–Trinajstić information content (AvgIpc) is 2.57. The molecule has 0 aromatic carbocycles. The lowest BCUT2D eigenvalue weighted by atomic mass is 10.7. The largest absolute Gasteiger partial charge is 0.364 e. The van der Waals surface area contributed by atoms with Crippen LogP contribution in [0.4, 0.5) is 0 Å². The van der Waals surface area contributed by atoms with Crippen LogP contribution < -0.4 is 10.7 Å². The number of nitrogens with one attached hydrogen (secondary N) is 3. The van der Waals surface area contributed by atoms with Gasteiger partial charge in [-0.2, -0.15) is 5.10 Å². The van der Waals surface area contributed by atoms with Gasteiger partial charge in [-0.25, -0.2) is 4.98 Å². The monoisotopic (exact) mass is 183 g/mol. The molecule has 0 atom stereocenters. The number of hydrazone groups is 1. The highest BCUT2D eigenvalue weighted by Gasteiger charge is 1.87. The Kier molecular flexibility index (Phi) is 3.21. The molecule has 0 saturated carbocycles. The van der Waals surface area contributed by atoms with E-state index < -0.39 is 0 Å². The summed E-state index contributed by atoms with van der Waals surface area (Å²) in [5.74, 6) is 0.682. The second-order valence-corrected chi connectivity index (χ2v) is 2.33. The first kappa shape index (κ1) is 8.66. The SMILES string of the molecule is CNC(=S)N/N=C/c1ncc[nH]1. The van der Waals surface area contributed by atoms with Gasteiger partial charge in [-0.1, -0.05) is 0 Å². The normalized spacial score (nSPS) is 10.1. The summed E-state index contributed by atoms with van der Waals surface area (Å²) in [6, 6.07) is 0. The maximum atomic E-state index is 4.78. The molecule has 1 rings (SSSR count). The first-order valence-electron chi connectivity index (χ1n) is 3.33. The molecule has 0 amide bonds. The van der Waals surface area contributed by atoms with E-state index in [1.165, 1.54) is 0 Å². The molecule has 1 aromatic rings. The lowest BCUT2D eigenvalue weighted by Crippen LogP contribution is -2.28. The molecule has 0 spiro atoms. The molecule has 3 N–H and O–H groups in total. The van der Waals surface area contributed by atoms with Crippen LogP contribution in [0.15, 0.2) is 17.5 Å². The van der Waals surface area contributed by atoms with Gasteiger partial charge in [0.2, 0.25) is 0 Å². The van der Waals surface area contributed by atoms with Crippen LogP contribution in [-0.2, 0) is 0 Å². The van der Waals surface area contributed by atoms with Crippen molar-refractivity contribution < 1.29 is 0 Å². The van der Waals surface area contributed by atoms with Crippen molar-refractivity contribution in [1.29, 1.82) is 0 Å². The number of H-pyrrole nitrogens is 1. The van der Waals surface area contributed by atoms with E-state index in [4.69, 9.17) is 12.2 Å². The zero-order valence-corrected chi connectivity index (χ0v) is 7.35. The van der Waals surface area contributed by atoms with Gasteiger partial charge in [0.25, 0.3) is 0 Å². The van der Waals surface area contributed by atoms with E-state index >= 15 is 0 Å². The topological polar surface area (TPSA) is 65.1 Å². The smallest absolute Gasteiger partial charge is 0.186 e. The van der Waals surface area contributed by atoms with Crippen molar-refractivity contribution in [3.8, 4) is 0 Å². The van der Waals surface area contributed by atoms with Crippen LogP contribution in [0.25, 0.3) is 0 Å². The number of nitrogens with zero attached hydrogens (tertiary/aromatic N) is 2. The van der Waals surface area contributed by atoms with E-state index in [2.05, 4.69) is 25.8 Å². The minimum absolute atomic E-state index is 0.470. The predicted molar refractivity (Wildman–Crippen MR) is 51.0 cm³/mol.